The highest BCUT2D eigenvalue weighted by molar-refractivity contribution is 5.92. The number of hydrogen-bond donors (Lipinski definition) is 0. The summed E-state index contributed by atoms with van der Waals surface area (Å²) in [6, 6.07) is 3.40. The van der Waals surface area contributed by atoms with Gasteiger partial charge >= 0.3 is 0 Å². The van der Waals surface area contributed by atoms with Crippen molar-refractivity contribution in [2.24, 2.45) is 5.92 Å². The molecule has 4 nitrogen and oxygen atoms in total. The van der Waals surface area contributed by atoms with Gasteiger partial charge in [0.25, 0.3) is 0 Å². The van der Waals surface area contributed by atoms with Crippen LogP contribution in [0.2, 0.25) is 0 Å². The SMILES string of the molecule is C/C=C(\C)C(=O)N1CCC(C(Cc2ccc(F)cc2F)N(C)C(=O)CC)CC1. The van der Waals surface area contributed by atoms with E-state index >= 15 is 0 Å². The molecule has 1 aliphatic heterocycles. The van der Waals surface area contributed by atoms with E-state index < -0.39 is 11.6 Å². The van der Waals surface area contributed by atoms with Gasteiger partial charge in [-0.2, -0.15) is 0 Å². The van der Waals surface area contributed by atoms with Gasteiger partial charge in [0.1, 0.15) is 11.6 Å². The Morgan fingerprint density at radius 2 is 1.93 bits per heavy atom. The molecule has 0 aromatic heterocycles. The molecule has 0 aliphatic carbocycles. The second-order valence-corrected chi connectivity index (χ2v) is 7.47. The van der Waals surface area contributed by atoms with Crippen molar-refractivity contribution in [3.05, 3.63) is 47.0 Å². The summed E-state index contributed by atoms with van der Waals surface area (Å²) in [5.41, 5.74) is 1.13. The third-order valence-corrected chi connectivity index (χ3v) is 5.78. The molecule has 0 bridgehead atoms. The van der Waals surface area contributed by atoms with Gasteiger partial charge in [-0.05, 0) is 50.7 Å². The zero-order valence-electron chi connectivity index (χ0n) is 17.2. The molecule has 2 amide bonds. The highest BCUT2D eigenvalue weighted by Crippen LogP contribution is 2.28. The van der Waals surface area contributed by atoms with Crippen LogP contribution in [0.3, 0.4) is 0 Å². The maximum absolute atomic E-state index is 14.2. The van der Waals surface area contributed by atoms with Gasteiger partial charge in [0.2, 0.25) is 11.8 Å². The monoisotopic (exact) mass is 392 g/mol. The van der Waals surface area contributed by atoms with Gasteiger partial charge in [0.05, 0.1) is 0 Å². The van der Waals surface area contributed by atoms with E-state index in [1.165, 1.54) is 12.1 Å². The third-order valence-electron chi connectivity index (χ3n) is 5.78. The average molecular weight is 392 g/mol. The summed E-state index contributed by atoms with van der Waals surface area (Å²) in [5.74, 6) is -1.00. The number of benzene rings is 1. The fourth-order valence-corrected chi connectivity index (χ4v) is 3.83. The topological polar surface area (TPSA) is 40.6 Å². The van der Waals surface area contributed by atoms with Crippen LogP contribution in [-0.4, -0.2) is 47.8 Å². The molecule has 1 unspecified atom stereocenters. The lowest BCUT2D eigenvalue weighted by Gasteiger charge is -2.40. The van der Waals surface area contributed by atoms with Crippen molar-refractivity contribution in [1.82, 2.24) is 9.80 Å². The summed E-state index contributed by atoms with van der Waals surface area (Å²) in [6.45, 7) is 6.69. The van der Waals surface area contributed by atoms with Gasteiger partial charge in [-0.25, -0.2) is 8.78 Å². The lowest BCUT2D eigenvalue weighted by molar-refractivity contribution is -0.134. The molecule has 0 spiro atoms. The largest absolute Gasteiger partial charge is 0.342 e. The van der Waals surface area contributed by atoms with E-state index in [0.717, 1.165) is 24.5 Å². The number of carbonyl (C=O) groups excluding carboxylic acids is 2. The summed E-state index contributed by atoms with van der Waals surface area (Å²) in [7, 11) is 1.75. The first-order valence-electron chi connectivity index (χ1n) is 9.90. The molecule has 6 heteroatoms. The number of amides is 2. The zero-order chi connectivity index (χ0) is 20.8. The molecule has 1 aromatic carbocycles. The maximum atomic E-state index is 14.2. The first kappa shape index (κ1) is 22.1. The minimum absolute atomic E-state index is 0.00390. The van der Waals surface area contributed by atoms with Gasteiger partial charge in [-0.3, -0.25) is 9.59 Å². The fourth-order valence-electron chi connectivity index (χ4n) is 3.83. The summed E-state index contributed by atoms with van der Waals surface area (Å²) in [4.78, 5) is 28.2. The lowest BCUT2D eigenvalue weighted by atomic mass is 9.84. The highest BCUT2D eigenvalue weighted by atomic mass is 19.1. The predicted molar refractivity (Wildman–Crippen MR) is 106 cm³/mol. The van der Waals surface area contributed by atoms with Crippen LogP contribution >= 0.6 is 0 Å². The Morgan fingerprint density at radius 3 is 2.46 bits per heavy atom. The van der Waals surface area contributed by atoms with Crippen molar-refractivity contribution in [2.45, 2.75) is 52.5 Å². The lowest BCUT2D eigenvalue weighted by Crippen LogP contribution is -2.48. The summed E-state index contributed by atoms with van der Waals surface area (Å²) >= 11 is 0. The Kier molecular flexibility index (Phi) is 7.72. The second kappa shape index (κ2) is 9.80. The minimum Gasteiger partial charge on any atom is -0.342 e. The molecule has 0 radical (unpaired) electrons. The van der Waals surface area contributed by atoms with Crippen LogP contribution in [0.4, 0.5) is 8.78 Å². The molecule has 1 fully saturated rings. The van der Waals surface area contributed by atoms with Gasteiger partial charge in [0, 0.05) is 44.2 Å². The van der Waals surface area contributed by atoms with Crippen LogP contribution < -0.4 is 0 Å². The van der Waals surface area contributed by atoms with Crippen molar-refractivity contribution < 1.29 is 18.4 Å². The number of rotatable bonds is 6. The van der Waals surface area contributed by atoms with Crippen molar-refractivity contribution in [1.29, 1.82) is 0 Å². The smallest absolute Gasteiger partial charge is 0.249 e. The highest BCUT2D eigenvalue weighted by Gasteiger charge is 2.33. The molecular formula is C22H30F2N2O2. The Hall–Kier alpha value is -2.24. The van der Waals surface area contributed by atoms with Crippen LogP contribution in [-0.2, 0) is 16.0 Å². The van der Waals surface area contributed by atoms with Crippen LogP contribution in [0, 0.1) is 17.6 Å². The number of allylic oxidation sites excluding steroid dienone is 1. The Balaban J connectivity index is 2.16. The molecule has 2 rings (SSSR count). The second-order valence-electron chi connectivity index (χ2n) is 7.47. The molecule has 1 saturated heterocycles. The molecule has 1 heterocycles. The van der Waals surface area contributed by atoms with E-state index in [4.69, 9.17) is 0 Å². The van der Waals surface area contributed by atoms with Crippen molar-refractivity contribution in [2.75, 3.05) is 20.1 Å². The van der Waals surface area contributed by atoms with Gasteiger partial charge < -0.3 is 9.80 Å². The molecule has 1 aliphatic rings. The van der Waals surface area contributed by atoms with E-state index in [9.17, 15) is 18.4 Å². The van der Waals surface area contributed by atoms with E-state index in [1.54, 1.807) is 18.9 Å². The summed E-state index contributed by atoms with van der Waals surface area (Å²) in [5, 5.41) is 0. The van der Waals surface area contributed by atoms with E-state index in [0.29, 0.717) is 31.5 Å². The van der Waals surface area contributed by atoms with Crippen molar-refractivity contribution >= 4 is 11.8 Å². The first-order valence-corrected chi connectivity index (χ1v) is 9.90. The molecular weight excluding hydrogens is 362 g/mol. The Morgan fingerprint density at radius 1 is 1.29 bits per heavy atom. The van der Waals surface area contributed by atoms with Crippen LogP contribution in [0.15, 0.2) is 29.8 Å². The van der Waals surface area contributed by atoms with Gasteiger partial charge in [-0.15, -0.1) is 0 Å². The van der Waals surface area contributed by atoms with Gasteiger partial charge in [-0.1, -0.05) is 19.1 Å². The van der Waals surface area contributed by atoms with Crippen LogP contribution in [0.25, 0.3) is 0 Å². The average Bonchev–Trinajstić information content (AvgIpc) is 2.71. The Labute approximate surface area is 166 Å². The van der Waals surface area contributed by atoms with E-state index in [-0.39, 0.29) is 23.8 Å². The summed E-state index contributed by atoms with van der Waals surface area (Å²) < 4.78 is 27.5. The predicted octanol–water partition coefficient (Wildman–Crippen LogP) is 3.95. The molecule has 1 atom stereocenters. The zero-order valence-corrected chi connectivity index (χ0v) is 17.2. The van der Waals surface area contributed by atoms with E-state index in [2.05, 4.69) is 0 Å². The van der Waals surface area contributed by atoms with E-state index in [1.807, 2.05) is 24.8 Å². The first-order chi connectivity index (χ1) is 13.3. The number of carbonyl (C=O) groups is 2. The minimum atomic E-state index is -0.609. The number of likely N-dealkylation sites (tertiary alicyclic amines) is 1. The number of halogens is 2. The molecule has 0 saturated carbocycles. The molecule has 28 heavy (non-hydrogen) atoms. The quantitative estimate of drug-likeness (QED) is 0.688. The molecule has 1 aromatic rings. The fraction of sp³-hybridized carbons (Fsp3) is 0.545. The maximum Gasteiger partial charge on any atom is 0.249 e. The normalized spacial score (nSPS) is 16.8. The number of piperidine rings is 1. The van der Waals surface area contributed by atoms with Gasteiger partial charge in [0.15, 0.2) is 0 Å². The van der Waals surface area contributed by atoms with Crippen molar-refractivity contribution in [3.63, 3.8) is 0 Å². The van der Waals surface area contributed by atoms with Crippen molar-refractivity contribution in [3.8, 4) is 0 Å². The standard InChI is InChI=1S/C22H30F2N2O2/c1-5-15(3)22(28)26-11-9-16(10-12-26)20(25(4)21(27)6-2)13-17-7-8-18(23)14-19(17)24/h5,7-8,14,16,20H,6,9-13H2,1-4H3/b15-5+. The molecule has 0 N–H and O–H groups in total. The third kappa shape index (κ3) is 5.18. The number of nitrogens with zero attached hydrogens (tertiary/aromatic N) is 2. The molecule has 154 valence electrons. The number of hydrogen-bond acceptors (Lipinski definition) is 2. The van der Waals surface area contributed by atoms with Crippen LogP contribution in [0.1, 0.15) is 45.6 Å². The number of likely N-dealkylation sites (N-methyl/N-ethyl adjacent to an activating group) is 1. The van der Waals surface area contributed by atoms with Crippen LogP contribution in [0.5, 0.6) is 0 Å². The Bertz CT molecular complexity index is 740. The summed E-state index contributed by atoms with van der Waals surface area (Å²) in [6.07, 6.45) is 4.01.